The van der Waals surface area contributed by atoms with E-state index >= 15 is 0 Å². The molecular formula is C12H14OS. The molecule has 1 atom stereocenters. The number of hydrogen-bond donors (Lipinski definition) is 1. The summed E-state index contributed by atoms with van der Waals surface area (Å²) >= 11 is 1.94. The van der Waals surface area contributed by atoms with Gasteiger partial charge in [0.25, 0.3) is 0 Å². The molecule has 0 radical (unpaired) electrons. The zero-order valence-electron chi connectivity index (χ0n) is 8.29. The van der Waals surface area contributed by atoms with Crippen molar-refractivity contribution in [2.45, 2.75) is 41.9 Å². The maximum atomic E-state index is 9.99. The zero-order chi connectivity index (χ0) is 9.76. The van der Waals surface area contributed by atoms with Crippen LogP contribution in [0.1, 0.15) is 30.9 Å². The van der Waals surface area contributed by atoms with Crippen LogP contribution in [0.3, 0.4) is 0 Å². The van der Waals surface area contributed by atoms with Crippen molar-refractivity contribution in [2.75, 3.05) is 0 Å². The summed E-state index contributed by atoms with van der Waals surface area (Å²) in [5.41, 5.74) is 2.11. The Morgan fingerprint density at radius 2 is 2.21 bits per heavy atom. The Labute approximate surface area is 88.5 Å². The molecule has 14 heavy (non-hydrogen) atoms. The van der Waals surface area contributed by atoms with E-state index in [1.807, 2.05) is 11.8 Å². The van der Waals surface area contributed by atoms with Crippen LogP contribution >= 0.6 is 11.8 Å². The Balaban J connectivity index is 2.00. The minimum atomic E-state index is -0.471. The maximum Gasteiger partial charge on any atom is 0.0899 e. The Morgan fingerprint density at radius 3 is 2.93 bits per heavy atom. The maximum absolute atomic E-state index is 9.99. The molecule has 1 aromatic rings. The Hall–Kier alpha value is -0.470. The quantitative estimate of drug-likeness (QED) is 0.762. The largest absolute Gasteiger partial charge is 0.385 e. The number of aliphatic hydroxyl groups is 1. The highest BCUT2D eigenvalue weighted by molar-refractivity contribution is 8.00. The lowest BCUT2D eigenvalue weighted by molar-refractivity contribution is 0.151. The second-order valence-electron chi connectivity index (χ2n) is 4.49. The topological polar surface area (TPSA) is 20.2 Å². The Bertz CT molecular complexity index is 382. The molecule has 1 aliphatic carbocycles. The fourth-order valence-electron chi connectivity index (χ4n) is 2.10. The van der Waals surface area contributed by atoms with E-state index in [0.29, 0.717) is 5.25 Å². The highest BCUT2D eigenvalue weighted by atomic mass is 32.2. The van der Waals surface area contributed by atoms with Crippen molar-refractivity contribution in [1.82, 2.24) is 0 Å². The van der Waals surface area contributed by atoms with Gasteiger partial charge in [-0.15, -0.1) is 11.8 Å². The minimum Gasteiger partial charge on any atom is -0.385 e. The van der Waals surface area contributed by atoms with Crippen LogP contribution in [-0.4, -0.2) is 10.4 Å². The summed E-state index contributed by atoms with van der Waals surface area (Å²) in [6.45, 7) is 2.26. The van der Waals surface area contributed by atoms with E-state index in [2.05, 4.69) is 25.1 Å². The molecule has 0 bridgehead atoms. The van der Waals surface area contributed by atoms with Crippen LogP contribution in [0.4, 0.5) is 0 Å². The molecular weight excluding hydrogens is 192 g/mol. The first-order chi connectivity index (χ1) is 6.67. The van der Waals surface area contributed by atoms with Crippen molar-refractivity contribution in [1.29, 1.82) is 0 Å². The third kappa shape index (κ3) is 1.29. The van der Waals surface area contributed by atoms with Crippen LogP contribution < -0.4 is 0 Å². The molecule has 1 unspecified atom stereocenters. The van der Waals surface area contributed by atoms with Gasteiger partial charge in [0.1, 0.15) is 0 Å². The van der Waals surface area contributed by atoms with E-state index in [4.69, 9.17) is 0 Å². The van der Waals surface area contributed by atoms with Gasteiger partial charge < -0.3 is 5.11 Å². The molecule has 1 heterocycles. The van der Waals surface area contributed by atoms with Crippen LogP contribution in [0.5, 0.6) is 0 Å². The first-order valence-corrected chi connectivity index (χ1v) is 6.08. The van der Waals surface area contributed by atoms with Gasteiger partial charge in [-0.05, 0) is 36.5 Å². The number of fused-ring (bicyclic) bond motifs is 1. The van der Waals surface area contributed by atoms with E-state index in [9.17, 15) is 5.11 Å². The fourth-order valence-corrected chi connectivity index (χ4v) is 3.29. The minimum absolute atomic E-state index is 0.471. The van der Waals surface area contributed by atoms with Crippen LogP contribution in [0.15, 0.2) is 23.1 Å². The van der Waals surface area contributed by atoms with Gasteiger partial charge in [0.2, 0.25) is 0 Å². The van der Waals surface area contributed by atoms with E-state index in [-0.39, 0.29) is 0 Å². The summed E-state index contributed by atoms with van der Waals surface area (Å²) in [7, 11) is 0. The summed E-state index contributed by atoms with van der Waals surface area (Å²) < 4.78 is 0. The standard InChI is InChI=1S/C12H14OS/c1-8-6-9-2-3-10(7-11(9)14-8)12(13)4-5-12/h2-3,7-8,13H,4-6H2,1H3. The lowest BCUT2D eigenvalue weighted by Gasteiger charge is -2.09. The van der Waals surface area contributed by atoms with Gasteiger partial charge in [0.05, 0.1) is 5.60 Å². The van der Waals surface area contributed by atoms with E-state index in [0.717, 1.165) is 18.4 Å². The second kappa shape index (κ2) is 2.77. The molecule has 0 amide bonds. The van der Waals surface area contributed by atoms with Crippen LogP contribution in [-0.2, 0) is 12.0 Å². The molecule has 74 valence electrons. The molecule has 1 aromatic carbocycles. The van der Waals surface area contributed by atoms with Crippen molar-refractivity contribution in [2.24, 2.45) is 0 Å². The van der Waals surface area contributed by atoms with Gasteiger partial charge in [-0.25, -0.2) is 0 Å². The smallest absolute Gasteiger partial charge is 0.0899 e. The molecule has 2 heteroatoms. The first kappa shape index (κ1) is 8.81. The van der Waals surface area contributed by atoms with E-state index < -0.39 is 5.60 Å². The van der Waals surface area contributed by atoms with Crippen molar-refractivity contribution >= 4 is 11.8 Å². The average Bonchev–Trinajstić information content (AvgIpc) is 2.79. The molecule has 0 saturated heterocycles. The predicted molar refractivity (Wildman–Crippen MR) is 58.6 cm³/mol. The third-order valence-electron chi connectivity index (χ3n) is 3.16. The van der Waals surface area contributed by atoms with Gasteiger partial charge in [0, 0.05) is 10.1 Å². The molecule has 3 rings (SSSR count). The zero-order valence-corrected chi connectivity index (χ0v) is 9.10. The summed E-state index contributed by atoms with van der Waals surface area (Å²) in [4.78, 5) is 1.38. The molecule has 1 aliphatic heterocycles. The van der Waals surface area contributed by atoms with Gasteiger partial charge in [-0.2, -0.15) is 0 Å². The SMILES string of the molecule is CC1Cc2ccc(C3(O)CC3)cc2S1. The predicted octanol–water partition coefficient (Wildman–Crippen LogP) is 2.70. The number of thioether (sulfide) groups is 1. The van der Waals surface area contributed by atoms with Crippen molar-refractivity contribution < 1.29 is 5.11 Å². The monoisotopic (exact) mass is 206 g/mol. The summed E-state index contributed by atoms with van der Waals surface area (Å²) in [6.07, 6.45) is 3.05. The fraction of sp³-hybridized carbons (Fsp3) is 0.500. The molecule has 1 fully saturated rings. The first-order valence-electron chi connectivity index (χ1n) is 5.20. The molecule has 2 aliphatic rings. The second-order valence-corrected chi connectivity index (χ2v) is 5.97. The van der Waals surface area contributed by atoms with E-state index in [1.165, 1.54) is 16.9 Å². The lowest BCUT2D eigenvalue weighted by Crippen LogP contribution is -2.03. The van der Waals surface area contributed by atoms with Gasteiger partial charge in [-0.3, -0.25) is 0 Å². The average molecular weight is 206 g/mol. The number of benzene rings is 1. The highest BCUT2D eigenvalue weighted by Crippen LogP contribution is 2.47. The summed E-state index contributed by atoms with van der Waals surface area (Å²) in [6, 6.07) is 6.48. The summed E-state index contributed by atoms with van der Waals surface area (Å²) in [5, 5.41) is 10.7. The molecule has 1 saturated carbocycles. The normalized spacial score (nSPS) is 27.4. The van der Waals surface area contributed by atoms with Gasteiger partial charge in [-0.1, -0.05) is 19.1 Å². The molecule has 0 spiro atoms. The van der Waals surface area contributed by atoms with Crippen LogP contribution in [0.25, 0.3) is 0 Å². The van der Waals surface area contributed by atoms with Crippen molar-refractivity contribution in [3.63, 3.8) is 0 Å². The number of rotatable bonds is 1. The van der Waals surface area contributed by atoms with Gasteiger partial charge >= 0.3 is 0 Å². The molecule has 1 nitrogen and oxygen atoms in total. The van der Waals surface area contributed by atoms with Gasteiger partial charge in [0.15, 0.2) is 0 Å². The molecule has 0 aromatic heterocycles. The lowest BCUT2D eigenvalue weighted by atomic mass is 10.0. The van der Waals surface area contributed by atoms with Crippen molar-refractivity contribution in [3.8, 4) is 0 Å². The Kier molecular flexibility index (Phi) is 1.74. The highest BCUT2D eigenvalue weighted by Gasteiger charge is 2.42. The van der Waals surface area contributed by atoms with Crippen LogP contribution in [0.2, 0.25) is 0 Å². The summed E-state index contributed by atoms with van der Waals surface area (Å²) in [5.74, 6) is 0. The molecule has 1 N–H and O–H groups in total. The van der Waals surface area contributed by atoms with Crippen LogP contribution in [0, 0.1) is 0 Å². The van der Waals surface area contributed by atoms with E-state index in [1.54, 1.807) is 0 Å². The number of hydrogen-bond acceptors (Lipinski definition) is 2. The third-order valence-corrected chi connectivity index (χ3v) is 4.37. The Morgan fingerprint density at radius 1 is 1.43 bits per heavy atom. The van der Waals surface area contributed by atoms with Crippen molar-refractivity contribution in [3.05, 3.63) is 29.3 Å².